The van der Waals surface area contributed by atoms with Gasteiger partial charge in [-0.2, -0.15) is 0 Å². The highest BCUT2D eigenvalue weighted by Crippen LogP contribution is 2.22. The van der Waals surface area contributed by atoms with Gasteiger partial charge >= 0.3 is 5.97 Å². The molecule has 0 bridgehead atoms. The SMILES string of the molecule is CCCS(=O)(=O)c1cccc(/C(=C/CC(=O)O)CC)c1. The largest absolute Gasteiger partial charge is 0.481 e. The van der Waals surface area contributed by atoms with Crippen molar-refractivity contribution in [2.45, 2.75) is 38.0 Å². The number of aliphatic carboxylic acids is 1. The van der Waals surface area contributed by atoms with Gasteiger partial charge in [-0.25, -0.2) is 8.42 Å². The molecule has 20 heavy (non-hydrogen) atoms. The molecule has 0 fully saturated rings. The van der Waals surface area contributed by atoms with Crippen molar-refractivity contribution in [3.8, 4) is 0 Å². The predicted molar refractivity (Wildman–Crippen MR) is 79.3 cm³/mol. The van der Waals surface area contributed by atoms with E-state index in [-0.39, 0.29) is 12.2 Å². The molecule has 110 valence electrons. The Kier molecular flexibility index (Phi) is 5.95. The molecular formula is C15H20O4S. The van der Waals surface area contributed by atoms with Crippen molar-refractivity contribution in [2.24, 2.45) is 0 Å². The lowest BCUT2D eigenvalue weighted by atomic mass is 10.0. The third-order valence-electron chi connectivity index (χ3n) is 2.94. The Bertz CT molecular complexity index is 600. The number of sulfone groups is 1. The summed E-state index contributed by atoms with van der Waals surface area (Å²) < 4.78 is 24.1. The maximum Gasteiger partial charge on any atom is 0.307 e. The average molecular weight is 296 g/mol. The Morgan fingerprint density at radius 3 is 2.55 bits per heavy atom. The summed E-state index contributed by atoms with van der Waals surface area (Å²) in [6.07, 6.45) is 2.80. The minimum atomic E-state index is -3.25. The topological polar surface area (TPSA) is 71.4 Å². The number of allylic oxidation sites excluding steroid dienone is 1. The average Bonchev–Trinajstić information content (AvgIpc) is 2.39. The fourth-order valence-electron chi connectivity index (χ4n) is 1.95. The lowest BCUT2D eigenvalue weighted by Crippen LogP contribution is -2.06. The van der Waals surface area contributed by atoms with Gasteiger partial charge in [0.2, 0.25) is 0 Å². The van der Waals surface area contributed by atoms with Crippen LogP contribution >= 0.6 is 0 Å². The van der Waals surface area contributed by atoms with Crippen LogP contribution in [0.4, 0.5) is 0 Å². The van der Waals surface area contributed by atoms with Crippen LogP contribution in [0, 0.1) is 0 Å². The molecule has 0 amide bonds. The summed E-state index contributed by atoms with van der Waals surface area (Å²) in [5, 5.41) is 8.72. The summed E-state index contributed by atoms with van der Waals surface area (Å²) in [5.74, 6) is -0.776. The summed E-state index contributed by atoms with van der Waals surface area (Å²) >= 11 is 0. The van der Waals surface area contributed by atoms with E-state index in [0.29, 0.717) is 17.7 Å². The molecule has 0 aliphatic heterocycles. The van der Waals surface area contributed by atoms with E-state index in [2.05, 4.69) is 0 Å². The highest BCUT2D eigenvalue weighted by atomic mass is 32.2. The van der Waals surface area contributed by atoms with Gasteiger partial charge in [0, 0.05) is 0 Å². The van der Waals surface area contributed by atoms with Crippen molar-refractivity contribution >= 4 is 21.4 Å². The number of carbonyl (C=O) groups is 1. The van der Waals surface area contributed by atoms with Gasteiger partial charge in [0.1, 0.15) is 0 Å². The molecule has 0 saturated heterocycles. The molecular weight excluding hydrogens is 276 g/mol. The fraction of sp³-hybridized carbons (Fsp3) is 0.400. The van der Waals surface area contributed by atoms with Crippen LogP contribution in [0.2, 0.25) is 0 Å². The molecule has 1 aromatic carbocycles. The third-order valence-corrected chi connectivity index (χ3v) is 4.86. The Morgan fingerprint density at radius 1 is 1.30 bits per heavy atom. The minimum Gasteiger partial charge on any atom is -0.481 e. The van der Waals surface area contributed by atoms with Crippen LogP contribution in [-0.2, 0) is 14.6 Å². The fourth-order valence-corrected chi connectivity index (χ4v) is 3.32. The van der Waals surface area contributed by atoms with Crippen LogP contribution in [0.25, 0.3) is 5.57 Å². The van der Waals surface area contributed by atoms with Crippen molar-refractivity contribution in [1.29, 1.82) is 0 Å². The monoisotopic (exact) mass is 296 g/mol. The zero-order valence-corrected chi connectivity index (χ0v) is 12.6. The molecule has 0 radical (unpaired) electrons. The molecule has 0 spiro atoms. The van der Waals surface area contributed by atoms with Gasteiger partial charge in [-0.15, -0.1) is 0 Å². The van der Waals surface area contributed by atoms with E-state index < -0.39 is 15.8 Å². The van der Waals surface area contributed by atoms with E-state index in [1.54, 1.807) is 24.3 Å². The van der Waals surface area contributed by atoms with Gasteiger partial charge in [0.05, 0.1) is 17.1 Å². The van der Waals surface area contributed by atoms with E-state index in [1.807, 2.05) is 19.9 Å². The molecule has 5 heteroatoms. The highest BCUT2D eigenvalue weighted by Gasteiger charge is 2.14. The second kappa shape index (κ2) is 7.24. The molecule has 0 aliphatic rings. The Morgan fingerprint density at radius 2 is 2.00 bits per heavy atom. The second-order valence-corrected chi connectivity index (χ2v) is 6.64. The van der Waals surface area contributed by atoms with Gasteiger partial charge in [-0.05, 0) is 36.1 Å². The Hall–Kier alpha value is -1.62. The van der Waals surface area contributed by atoms with Crippen LogP contribution in [0.5, 0.6) is 0 Å². The Balaban J connectivity index is 3.15. The van der Waals surface area contributed by atoms with Gasteiger partial charge in [0.25, 0.3) is 0 Å². The van der Waals surface area contributed by atoms with Crippen molar-refractivity contribution in [3.63, 3.8) is 0 Å². The first-order valence-corrected chi connectivity index (χ1v) is 8.30. The Labute approximate surface area is 120 Å². The molecule has 1 rings (SSSR count). The minimum absolute atomic E-state index is 0.0604. The summed E-state index contributed by atoms with van der Waals surface area (Å²) in [5.41, 5.74) is 1.62. The zero-order valence-electron chi connectivity index (χ0n) is 11.8. The second-order valence-electron chi connectivity index (χ2n) is 4.53. The number of hydrogen-bond donors (Lipinski definition) is 1. The first-order valence-electron chi connectivity index (χ1n) is 6.64. The van der Waals surface area contributed by atoms with Crippen molar-refractivity contribution in [2.75, 3.05) is 5.75 Å². The molecule has 1 N–H and O–H groups in total. The van der Waals surface area contributed by atoms with Crippen LogP contribution in [0.15, 0.2) is 35.2 Å². The zero-order chi connectivity index (χ0) is 15.2. The molecule has 0 aromatic heterocycles. The quantitative estimate of drug-likeness (QED) is 0.839. The highest BCUT2D eigenvalue weighted by molar-refractivity contribution is 7.91. The summed E-state index contributed by atoms with van der Waals surface area (Å²) in [7, 11) is -3.25. The number of benzene rings is 1. The van der Waals surface area contributed by atoms with Crippen molar-refractivity contribution < 1.29 is 18.3 Å². The molecule has 0 heterocycles. The van der Waals surface area contributed by atoms with Gasteiger partial charge in [0.15, 0.2) is 9.84 Å². The molecule has 0 atom stereocenters. The summed E-state index contributed by atoms with van der Waals surface area (Å²) in [6, 6.07) is 6.71. The number of hydrogen-bond acceptors (Lipinski definition) is 3. The maximum absolute atomic E-state index is 12.0. The smallest absolute Gasteiger partial charge is 0.307 e. The van der Waals surface area contributed by atoms with Crippen LogP contribution in [0.1, 0.15) is 38.7 Å². The lowest BCUT2D eigenvalue weighted by Gasteiger charge is -2.08. The van der Waals surface area contributed by atoms with Crippen LogP contribution in [-0.4, -0.2) is 25.2 Å². The van der Waals surface area contributed by atoms with Crippen molar-refractivity contribution in [3.05, 3.63) is 35.9 Å². The molecule has 0 aliphatic carbocycles. The van der Waals surface area contributed by atoms with E-state index >= 15 is 0 Å². The number of carboxylic acid groups (broad SMARTS) is 1. The standard InChI is InChI=1S/C15H20O4S/c1-3-10-20(18,19)14-7-5-6-13(11-14)12(4-2)8-9-15(16)17/h5-8,11H,3-4,9-10H2,1-2H3,(H,16,17)/b12-8+. The van der Waals surface area contributed by atoms with E-state index in [0.717, 1.165) is 11.1 Å². The van der Waals surface area contributed by atoms with E-state index in [1.165, 1.54) is 0 Å². The molecule has 1 aromatic rings. The molecule has 4 nitrogen and oxygen atoms in total. The molecule has 0 saturated carbocycles. The normalized spacial score (nSPS) is 12.4. The van der Waals surface area contributed by atoms with Gasteiger partial charge < -0.3 is 5.11 Å². The predicted octanol–water partition coefficient (Wildman–Crippen LogP) is 3.14. The van der Waals surface area contributed by atoms with Crippen molar-refractivity contribution in [1.82, 2.24) is 0 Å². The first kappa shape index (κ1) is 16.4. The maximum atomic E-state index is 12.0. The van der Waals surface area contributed by atoms with Crippen LogP contribution in [0.3, 0.4) is 0 Å². The van der Waals surface area contributed by atoms with Gasteiger partial charge in [-0.1, -0.05) is 32.1 Å². The first-order chi connectivity index (χ1) is 9.40. The lowest BCUT2D eigenvalue weighted by molar-refractivity contribution is -0.135. The molecule has 0 unspecified atom stereocenters. The summed E-state index contributed by atoms with van der Waals surface area (Å²) in [4.78, 5) is 10.9. The van der Waals surface area contributed by atoms with E-state index in [9.17, 15) is 13.2 Å². The number of rotatable bonds is 7. The summed E-state index contributed by atoms with van der Waals surface area (Å²) in [6.45, 7) is 3.74. The number of carboxylic acids is 1. The third kappa shape index (κ3) is 4.49. The van der Waals surface area contributed by atoms with E-state index in [4.69, 9.17) is 5.11 Å². The van der Waals surface area contributed by atoms with Crippen LogP contribution < -0.4 is 0 Å². The van der Waals surface area contributed by atoms with Gasteiger partial charge in [-0.3, -0.25) is 4.79 Å².